The topological polar surface area (TPSA) is 68.0 Å². The molecular weight excluding hydrogens is 427 g/mol. The Kier molecular flexibility index (Phi) is 5.12. The molecule has 0 radical (unpaired) electrons. The second kappa shape index (κ2) is 7.30. The van der Waals surface area contributed by atoms with Gasteiger partial charge in [-0.25, -0.2) is 14.6 Å². The molecule has 3 aromatic rings. The maximum absolute atomic E-state index is 4.48. The highest BCUT2D eigenvalue weighted by atomic mass is 127. The molecule has 0 spiro atoms. The van der Waals surface area contributed by atoms with E-state index in [0.717, 1.165) is 28.5 Å². The van der Waals surface area contributed by atoms with Crippen LogP contribution in [0.15, 0.2) is 41.5 Å². The molecule has 128 valence electrons. The smallest absolute Gasteiger partial charge is 0.159 e. The van der Waals surface area contributed by atoms with Crippen LogP contribution in [0.4, 0.5) is 5.82 Å². The molecule has 0 atom stereocenters. The van der Waals surface area contributed by atoms with Crippen molar-refractivity contribution >= 4 is 34.1 Å². The van der Waals surface area contributed by atoms with E-state index in [1.54, 1.807) is 0 Å². The lowest BCUT2D eigenvalue weighted by molar-refractivity contribution is 0.793. The maximum Gasteiger partial charge on any atom is 0.159 e. The summed E-state index contributed by atoms with van der Waals surface area (Å²) in [5.74, 6) is 2.03. The van der Waals surface area contributed by atoms with Gasteiger partial charge in [0.25, 0.3) is 0 Å². The summed E-state index contributed by atoms with van der Waals surface area (Å²) in [6.45, 7) is 7.79. The van der Waals surface area contributed by atoms with Crippen molar-refractivity contribution < 1.29 is 0 Å². The second-order valence-electron chi connectivity index (χ2n) is 5.81. The van der Waals surface area contributed by atoms with Crippen molar-refractivity contribution in [2.45, 2.75) is 27.7 Å². The van der Waals surface area contributed by atoms with Gasteiger partial charge in [0.1, 0.15) is 5.82 Å². The van der Waals surface area contributed by atoms with Crippen molar-refractivity contribution in [2.24, 2.45) is 5.10 Å². The van der Waals surface area contributed by atoms with Gasteiger partial charge in [-0.1, -0.05) is 12.1 Å². The van der Waals surface area contributed by atoms with Gasteiger partial charge in [0.15, 0.2) is 11.6 Å². The van der Waals surface area contributed by atoms with E-state index in [4.69, 9.17) is 0 Å². The molecule has 0 amide bonds. The van der Waals surface area contributed by atoms with Crippen LogP contribution in [0.3, 0.4) is 0 Å². The monoisotopic (exact) mass is 446 g/mol. The quantitative estimate of drug-likeness (QED) is 0.374. The molecule has 1 N–H and O–H groups in total. The number of hydrazone groups is 1. The number of aryl methyl sites for hydroxylation is 3. The molecule has 7 heteroatoms. The van der Waals surface area contributed by atoms with Gasteiger partial charge in [-0.3, -0.25) is 5.43 Å². The van der Waals surface area contributed by atoms with Crippen molar-refractivity contribution in [3.63, 3.8) is 0 Å². The van der Waals surface area contributed by atoms with Crippen LogP contribution in [0.25, 0.3) is 5.82 Å². The Bertz CT molecular complexity index is 927. The molecule has 25 heavy (non-hydrogen) atoms. The van der Waals surface area contributed by atoms with E-state index in [0.29, 0.717) is 11.6 Å². The van der Waals surface area contributed by atoms with Gasteiger partial charge in [-0.15, -0.1) is 0 Å². The van der Waals surface area contributed by atoms with Gasteiger partial charge in [0.05, 0.1) is 11.4 Å². The summed E-state index contributed by atoms with van der Waals surface area (Å²) in [5.41, 5.74) is 6.97. The first-order chi connectivity index (χ1) is 11.9. The number of nitrogens with zero attached hydrogens (tertiary/aromatic N) is 5. The van der Waals surface area contributed by atoms with Crippen LogP contribution < -0.4 is 5.43 Å². The average molecular weight is 446 g/mol. The standard InChI is InChI=1S/C18H19IN6/c1-11-9-12(2)25(24-11)18-10-17(20-14(4)21-18)23-22-13(3)15-5-7-16(19)8-6-15/h5-10H,1-4H3,(H,20,21,23). The van der Waals surface area contributed by atoms with E-state index in [1.165, 1.54) is 3.57 Å². The highest BCUT2D eigenvalue weighted by Crippen LogP contribution is 2.14. The molecule has 6 nitrogen and oxygen atoms in total. The van der Waals surface area contributed by atoms with E-state index in [2.05, 4.69) is 72.5 Å². The maximum atomic E-state index is 4.48. The van der Waals surface area contributed by atoms with E-state index in [-0.39, 0.29) is 0 Å². The second-order valence-corrected chi connectivity index (χ2v) is 7.06. The molecule has 2 heterocycles. The molecule has 2 aromatic heterocycles. The minimum absolute atomic E-state index is 0.639. The lowest BCUT2D eigenvalue weighted by Gasteiger charge is -2.08. The zero-order chi connectivity index (χ0) is 18.0. The van der Waals surface area contributed by atoms with Gasteiger partial charge in [-0.05, 0) is 74.0 Å². The van der Waals surface area contributed by atoms with Crippen LogP contribution in [0, 0.1) is 24.3 Å². The largest absolute Gasteiger partial charge is 0.261 e. The predicted molar refractivity (Wildman–Crippen MR) is 108 cm³/mol. The number of benzene rings is 1. The summed E-state index contributed by atoms with van der Waals surface area (Å²) in [4.78, 5) is 8.88. The van der Waals surface area contributed by atoms with Crippen molar-refractivity contribution in [1.29, 1.82) is 0 Å². The molecule has 0 aliphatic carbocycles. The van der Waals surface area contributed by atoms with E-state index >= 15 is 0 Å². The van der Waals surface area contributed by atoms with E-state index in [9.17, 15) is 0 Å². The first-order valence-electron chi connectivity index (χ1n) is 7.88. The third kappa shape index (κ3) is 4.22. The summed E-state index contributed by atoms with van der Waals surface area (Å²) in [5, 5.41) is 8.92. The fraction of sp³-hybridized carbons (Fsp3) is 0.222. The molecule has 0 fully saturated rings. The zero-order valence-electron chi connectivity index (χ0n) is 14.6. The lowest BCUT2D eigenvalue weighted by Crippen LogP contribution is -2.07. The number of rotatable bonds is 4. The van der Waals surface area contributed by atoms with Crippen molar-refractivity contribution in [3.05, 3.63) is 62.7 Å². The SMILES string of the molecule is CC(=NNc1cc(-n2nc(C)cc2C)nc(C)n1)c1ccc(I)cc1. The molecule has 0 unspecified atom stereocenters. The summed E-state index contributed by atoms with van der Waals surface area (Å²) >= 11 is 2.29. The zero-order valence-corrected chi connectivity index (χ0v) is 16.7. The number of hydrogen-bond acceptors (Lipinski definition) is 5. The number of aromatic nitrogens is 4. The Hall–Kier alpha value is -2.29. The molecule has 0 aliphatic rings. The van der Waals surface area contributed by atoms with Gasteiger partial charge in [0.2, 0.25) is 0 Å². The minimum atomic E-state index is 0.639. The van der Waals surface area contributed by atoms with Gasteiger partial charge in [-0.2, -0.15) is 10.2 Å². The predicted octanol–water partition coefficient (Wildman–Crippen LogP) is 4.03. The average Bonchev–Trinajstić information content (AvgIpc) is 2.91. The molecule has 1 aromatic carbocycles. The Morgan fingerprint density at radius 2 is 1.80 bits per heavy atom. The Labute approximate surface area is 160 Å². The fourth-order valence-corrected chi connectivity index (χ4v) is 2.83. The Balaban J connectivity index is 1.87. The van der Waals surface area contributed by atoms with Crippen LogP contribution in [-0.4, -0.2) is 25.5 Å². The van der Waals surface area contributed by atoms with Crippen molar-refractivity contribution in [3.8, 4) is 5.82 Å². The normalized spacial score (nSPS) is 11.6. The van der Waals surface area contributed by atoms with Gasteiger partial charge >= 0.3 is 0 Å². The first kappa shape index (κ1) is 17.5. The van der Waals surface area contributed by atoms with Gasteiger partial charge < -0.3 is 0 Å². The van der Waals surface area contributed by atoms with Crippen LogP contribution >= 0.6 is 22.6 Å². The van der Waals surface area contributed by atoms with Crippen LogP contribution in [0.2, 0.25) is 0 Å². The first-order valence-corrected chi connectivity index (χ1v) is 8.96. The molecule has 0 aliphatic heterocycles. The van der Waals surface area contributed by atoms with Crippen molar-refractivity contribution in [2.75, 3.05) is 5.43 Å². The summed E-state index contributed by atoms with van der Waals surface area (Å²) in [7, 11) is 0. The van der Waals surface area contributed by atoms with E-state index < -0.39 is 0 Å². The van der Waals surface area contributed by atoms with E-state index in [1.807, 2.05) is 44.5 Å². The molecule has 0 bridgehead atoms. The molecular formula is C18H19IN6. The molecule has 0 saturated carbocycles. The Morgan fingerprint density at radius 1 is 1.08 bits per heavy atom. The van der Waals surface area contributed by atoms with Crippen LogP contribution in [-0.2, 0) is 0 Å². The third-order valence-electron chi connectivity index (χ3n) is 3.65. The van der Waals surface area contributed by atoms with Gasteiger partial charge in [0, 0.05) is 15.3 Å². The minimum Gasteiger partial charge on any atom is -0.261 e. The number of anilines is 1. The summed E-state index contributed by atoms with van der Waals surface area (Å²) in [6.07, 6.45) is 0. The summed E-state index contributed by atoms with van der Waals surface area (Å²) in [6, 6.07) is 12.1. The summed E-state index contributed by atoms with van der Waals surface area (Å²) < 4.78 is 3.01. The number of hydrogen-bond donors (Lipinski definition) is 1. The lowest BCUT2D eigenvalue weighted by atomic mass is 10.1. The van der Waals surface area contributed by atoms with Crippen molar-refractivity contribution in [1.82, 2.24) is 19.7 Å². The highest BCUT2D eigenvalue weighted by molar-refractivity contribution is 14.1. The van der Waals surface area contributed by atoms with Crippen LogP contribution in [0.5, 0.6) is 0 Å². The third-order valence-corrected chi connectivity index (χ3v) is 4.37. The number of halogens is 1. The number of nitrogens with one attached hydrogen (secondary N) is 1. The molecule has 0 saturated heterocycles. The molecule has 3 rings (SSSR count). The van der Waals surface area contributed by atoms with Crippen LogP contribution in [0.1, 0.15) is 29.7 Å². The fourth-order valence-electron chi connectivity index (χ4n) is 2.48. The Morgan fingerprint density at radius 3 is 2.44 bits per heavy atom. The highest BCUT2D eigenvalue weighted by Gasteiger charge is 2.08.